The summed E-state index contributed by atoms with van der Waals surface area (Å²) in [6, 6.07) is 23.9. The van der Waals surface area contributed by atoms with Gasteiger partial charge in [-0.2, -0.15) is 0 Å². The molecule has 68 heavy (non-hydrogen) atoms. The number of piperazine rings is 1. The molecule has 3 aliphatic rings. The molecular weight excluding hydrogens is 915 g/mol. The first-order chi connectivity index (χ1) is 33.0. The Bertz CT molecular complexity index is 2900. The number of aliphatic hydroxyl groups is 2. The van der Waals surface area contributed by atoms with E-state index in [0.717, 1.165) is 31.1 Å². The first-order valence-corrected chi connectivity index (χ1v) is 23.2. The van der Waals surface area contributed by atoms with Gasteiger partial charge < -0.3 is 43.9 Å². The molecule has 18 heteroatoms. The fourth-order valence-corrected chi connectivity index (χ4v) is 9.43. The minimum Gasteiger partial charge on any atom is -0.491 e. The molecule has 0 amide bonds. The summed E-state index contributed by atoms with van der Waals surface area (Å²) in [4.78, 5) is 37.5. The zero-order chi connectivity index (χ0) is 47.3. The standard InChI is InChI=1S/C50H48ClFN6O9S/c1-29-39-12-14-41(45(29)51)66-38(23-58-19-17-57(2)18-20-58)27-64-37-11-13-40(65-25-34-15-16-53-47(56-34)31-5-9-36(10-6-31)63-26-35(60)24-59)32(21-37)22-42(50(61)62)67-48-44-43(39)46(68-49(44)55-28-54-48)30-3-7-33(52)8-4-30/h3-16,21,28,35,38,42,59-60H,17-20,22-27H2,1-2H3,(H,61,62)/t35-,38?,42-/m1/s1. The van der Waals surface area contributed by atoms with Gasteiger partial charge in [0, 0.05) is 66.9 Å². The average molecular weight is 963 g/mol. The van der Waals surface area contributed by atoms with Crippen molar-refractivity contribution in [1.82, 2.24) is 29.7 Å². The van der Waals surface area contributed by atoms with E-state index in [0.29, 0.717) is 89.7 Å². The van der Waals surface area contributed by atoms with Gasteiger partial charge >= 0.3 is 5.97 Å². The number of thiophene rings is 1. The van der Waals surface area contributed by atoms with Crippen molar-refractivity contribution in [3.63, 3.8) is 0 Å². The number of likely N-dealkylation sites (N-methyl/N-ethyl adjacent to an activating group) is 1. The molecule has 7 aromatic rings. The number of aromatic nitrogens is 4. The van der Waals surface area contributed by atoms with Crippen molar-refractivity contribution in [2.75, 3.05) is 59.6 Å². The molecule has 4 bridgehead atoms. The second-order valence-corrected chi connectivity index (χ2v) is 18.0. The zero-order valence-corrected chi connectivity index (χ0v) is 38.8. The van der Waals surface area contributed by atoms with Crippen LogP contribution in [-0.4, -0.2) is 129 Å². The van der Waals surface area contributed by atoms with Gasteiger partial charge in [0.15, 0.2) is 5.82 Å². The normalized spacial score (nSPS) is 17.1. The van der Waals surface area contributed by atoms with E-state index >= 15 is 0 Å². The molecule has 3 aliphatic heterocycles. The van der Waals surface area contributed by atoms with Gasteiger partial charge in [0.2, 0.25) is 12.0 Å². The number of nitrogens with zero attached hydrogens (tertiary/aromatic N) is 6. The van der Waals surface area contributed by atoms with Crippen molar-refractivity contribution in [2.45, 2.75) is 38.3 Å². The Hall–Kier alpha value is -6.47. The van der Waals surface area contributed by atoms with E-state index in [-0.39, 0.29) is 37.9 Å². The minimum absolute atomic E-state index is 0.0107. The summed E-state index contributed by atoms with van der Waals surface area (Å²) in [6.45, 7) is 5.67. The van der Waals surface area contributed by atoms with Crippen LogP contribution < -0.4 is 23.7 Å². The lowest BCUT2D eigenvalue weighted by Crippen LogP contribution is -2.49. The third kappa shape index (κ3) is 10.6. The van der Waals surface area contributed by atoms with Gasteiger partial charge in [-0.25, -0.2) is 29.1 Å². The van der Waals surface area contributed by atoms with Crippen LogP contribution in [0.25, 0.3) is 43.2 Å². The SMILES string of the molecule is Cc1c2ccc(c1Cl)OC(CN1CCN(C)CC1)COc1ccc(OCc3ccnc(-c4ccc(OC[C@H](O)CO)cc4)n3)c(c1)C[C@H](C(=O)O)Oc1ncnc3sc(-c4ccc(F)cc4)c-2c13. The number of hydrogen-bond donors (Lipinski definition) is 3. The molecule has 1 fully saturated rings. The summed E-state index contributed by atoms with van der Waals surface area (Å²) in [6.07, 6.45) is -0.118. The second-order valence-electron chi connectivity index (χ2n) is 16.6. The number of carboxylic acid groups (broad SMARTS) is 1. The Morgan fingerprint density at radius 3 is 2.50 bits per heavy atom. The highest BCUT2D eigenvalue weighted by Crippen LogP contribution is 2.49. The quantitative estimate of drug-likeness (QED) is 0.110. The first-order valence-electron chi connectivity index (χ1n) is 22.0. The number of aliphatic carboxylic acids is 1. The molecule has 3 N–H and O–H groups in total. The van der Waals surface area contributed by atoms with Crippen molar-refractivity contribution in [3.05, 3.63) is 125 Å². The van der Waals surface area contributed by atoms with Gasteiger partial charge in [-0.1, -0.05) is 29.8 Å². The van der Waals surface area contributed by atoms with E-state index in [1.807, 2.05) is 19.1 Å². The van der Waals surface area contributed by atoms with Crippen molar-refractivity contribution in [2.24, 2.45) is 0 Å². The van der Waals surface area contributed by atoms with Crippen LogP contribution >= 0.6 is 22.9 Å². The van der Waals surface area contributed by atoms with E-state index in [1.54, 1.807) is 66.9 Å². The molecule has 6 heterocycles. The van der Waals surface area contributed by atoms with E-state index < -0.39 is 30.9 Å². The summed E-state index contributed by atoms with van der Waals surface area (Å²) < 4.78 is 45.9. The maximum Gasteiger partial charge on any atom is 0.345 e. The maximum absolute atomic E-state index is 14.3. The fraction of sp³-hybridized carbons (Fsp3) is 0.300. The minimum atomic E-state index is -1.46. The molecule has 15 nitrogen and oxygen atoms in total. The van der Waals surface area contributed by atoms with Gasteiger partial charge in [-0.3, -0.25) is 4.90 Å². The van der Waals surface area contributed by atoms with Crippen LogP contribution in [0.2, 0.25) is 5.02 Å². The van der Waals surface area contributed by atoms with Crippen LogP contribution in [-0.2, 0) is 17.8 Å². The van der Waals surface area contributed by atoms with Crippen LogP contribution in [0.15, 0.2) is 97.5 Å². The number of aliphatic hydroxyl groups excluding tert-OH is 2. The molecule has 1 saturated heterocycles. The molecular formula is C50H48ClFN6O9S. The van der Waals surface area contributed by atoms with Crippen LogP contribution in [0.4, 0.5) is 4.39 Å². The van der Waals surface area contributed by atoms with E-state index in [2.05, 4.69) is 31.8 Å². The van der Waals surface area contributed by atoms with E-state index in [9.17, 15) is 19.4 Å². The van der Waals surface area contributed by atoms with Gasteiger partial charge in [0.25, 0.3) is 0 Å². The smallest absolute Gasteiger partial charge is 0.345 e. The number of hydrogen-bond acceptors (Lipinski definition) is 15. The third-order valence-corrected chi connectivity index (χ3v) is 13.4. The number of benzene rings is 4. The van der Waals surface area contributed by atoms with Crippen LogP contribution in [0.5, 0.6) is 28.9 Å². The molecule has 3 aromatic heterocycles. The first kappa shape index (κ1) is 46.6. The van der Waals surface area contributed by atoms with Crippen molar-refractivity contribution in [1.29, 1.82) is 0 Å². The maximum atomic E-state index is 14.3. The monoisotopic (exact) mass is 962 g/mol. The van der Waals surface area contributed by atoms with Crippen molar-refractivity contribution < 1.29 is 48.2 Å². The zero-order valence-electron chi connectivity index (χ0n) is 37.2. The lowest BCUT2D eigenvalue weighted by molar-refractivity contribution is -0.145. The Labute approximate surface area is 400 Å². The van der Waals surface area contributed by atoms with E-state index in [1.165, 1.54) is 29.8 Å². The Kier molecular flexibility index (Phi) is 14.3. The summed E-state index contributed by atoms with van der Waals surface area (Å²) in [5, 5.41) is 30.4. The average Bonchev–Trinajstić information content (AvgIpc) is 3.74. The molecule has 4 aromatic carbocycles. The summed E-state index contributed by atoms with van der Waals surface area (Å²) in [7, 11) is 2.10. The number of carboxylic acids is 1. The molecule has 352 valence electrons. The molecule has 10 rings (SSSR count). The van der Waals surface area contributed by atoms with Crippen molar-refractivity contribution >= 4 is 39.1 Å². The predicted molar refractivity (Wildman–Crippen MR) is 254 cm³/mol. The van der Waals surface area contributed by atoms with Gasteiger partial charge in [-0.05, 0) is 97.4 Å². The summed E-state index contributed by atoms with van der Waals surface area (Å²) in [5.41, 5.74) is 4.53. The number of carbonyl (C=O) groups is 1. The number of ether oxygens (including phenoxy) is 5. The topological polar surface area (TPSA) is 182 Å². The lowest BCUT2D eigenvalue weighted by atomic mass is 9.96. The Morgan fingerprint density at radius 2 is 1.74 bits per heavy atom. The highest BCUT2D eigenvalue weighted by Gasteiger charge is 2.30. The number of halogens is 2. The molecule has 1 unspecified atom stereocenters. The Morgan fingerprint density at radius 1 is 0.956 bits per heavy atom. The summed E-state index contributed by atoms with van der Waals surface area (Å²) in [5.74, 6) is 0.666. The number of fused-ring (bicyclic) bond motifs is 7. The van der Waals surface area contributed by atoms with Crippen LogP contribution in [0.1, 0.15) is 16.8 Å². The van der Waals surface area contributed by atoms with Gasteiger partial charge in [0.1, 0.15) is 72.0 Å². The second kappa shape index (κ2) is 20.8. The highest BCUT2D eigenvalue weighted by molar-refractivity contribution is 7.22. The summed E-state index contributed by atoms with van der Waals surface area (Å²) >= 11 is 8.58. The van der Waals surface area contributed by atoms with Gasteiger partial charge in [-0.15, -0.1) is 11.3 Å². The number of rotatable bonds is 12. The molecule has 0 aliphatic carbocycles. The molecule has 3 atom stereocenters. The van der Waals surface area contributed by atoms with E-state index in [4.69, 9.17) is 45.4 Å². The largest absolute Gasteiger partial charge is 0.491 e. The van der Waals surface area contributed by atoms with Crippen LogP contribution in [0.3, 0.4) is 0 Å². The molecule has 0 saturated carbocycles. The van der Waals surface area contributed by atoms with Crippen molar-refractivity contribution in [3.8, 4) is 61.8 Å². The van der Waals surface area contributed by atoms with Crippen LogP contribution in [0, 0.1) is 12.7 Å². The Balaban J connectivity index is 1.08. The van der Waals surface area contributed by atoms with Gasteiger partial charge in [0.05, 0.1) is 22.7 Å². The predicted octanol–water partition coefficient (Wildman–Crippen LogP) is 7.36. The third-order valence-electron chi connectivity index (χ3n) is 11.8. The molecule has 0 spiro atoms. The fourth-order valence-electron chi connectivity index (χ4n) is 8.06. The molecule has 0 radical (unpaired) electrons. The lowest BCUT2D eigenvalue weighted by Gasteiger charge is -2.34. The highest BCUT2D eigenvalue weighted by atomic mass is 35.5.